The molecule has 0 bridgehead atoms. The minimum absolute atomic E-state index is 0.0270. The number of nitrogens with one attached hydrogen (secondary N) is 1. The van der Waals surface area contributed by atoms with Crippen LogP contribution in [0, 0.1) is 13.8 Å². The molecule has 0 spiro atoms. The summed E-state index contributed by atoms with van der Waals surface area (Å²) in [6.07, 6.45) is 0. The topological polar surface area (TPSA) is 103 Å². The van der Waals surface area contributed by atoms with Crippen LogP contribution in [0.4, 0.5) is 11.4 Å². The lowest BCUT2D eigenvalue weighted by Gasteiger charge is -2.24. The lowest BCUT2D eigenvalue weighted by atomic mass is 10.2. The van der Waals surface area contributed by atoms with Crippen LogP contribution in [-0.4, -0.2) is 37.3 Å². The predicted molar refractivity (Wildman–Crippen MR) is 151 cm³/mol. The maximum atomic E-state index is 13.7. The number of methoxy groups -OCH3 is 1. The summed E-state index contributed by atoms with van der Waals surface area (Å²) in [6, 6.07) is 20.2. The van der Waals surface area contributed by atoms with Crippen molar-refractivity contribution in [3.63, 3.8) is 0 Å². The van der Waals surface area contributed by atoms with Gasteiger partial charge in [0.15, 0.2) is 0 Å². The molecule has 0 atom stereocenters. The summed E-state index contributed by atoms with van der Waals surface area (Å²) < 4.78 is 37.3. The Morgan fingerprint density at radius 1 is 1.03 bits per heavy atom. The van der Waals surface area contributed by atoms with Crippen molar-refractivity contribution in [3.05, 3.63) is 98.9 Å². The minimum atomic E-state index is -4.17. The van der Waals surface area contributed by atoms with E-state index >= 15 is 0 Å². The molecule has 0 aliphatic carbocycles. The van der Waals surface area contributed by atoms with Gasteiger partial charge in [0.25, 0.3) is 15.6 Å². The van der Waals surface area contributed by atoms with E-state index in [2.05, 4.69) is 21.2 Å². The molecular weight excluding hydrogens is 572 g/mol. The standard InChI is InChI=1S/C27H27BrN4O5S/c1-18-10-12-20(13-11-18)31(38(35,36)22-14-15-24(37-4)23(28)16-22)17-25(33)29-26-19(2)30(3)32(27(26)34)21-8-6-5-7-9-21/h5-16H,17H2,1-4H3,(H,29,33). The Morgan fingerprint density at radius 2 is 1.68 bits per heavy atom. The number of aromatic nitrogens is 2. The third kappa shape index (κ3) is 5.25. The molecule has 0 aliphatic rings. The molecule has 1 aromatic heterocycles. The summed E-state index contributed by atoms with van der Waals surface area (Å²) in [5, 5.41) is 2.65. The Bertz CT molecular complexity index is 1650. The average molecular weight is 600 g/mol. The zero-order chi connectivity index (χ0) is 27.6. The van der Waals surface area contributed by atoms with Crippen molar-refractivity contribution in [1.82, 2.24) is 9.36 Å². The predicted octanol–water partition coefficient (Wildman–Crippen LogP) is 4.40. The van der Waals surface area contributed by atoms with Gasteiger partial charge in [-0.3, -0.25) is 18.6 Å². The fraction of sp³-hybridized carbons (Fsp3) is 0.185. The van der Waals surface area contributed by atoms with Crippen LogP contribution in [0.2, 0.25) is 0 Å². The second-order valence-electron chi connectivity index (χ2n) is 8.63. The first-order valence-electron chi connectivity index (χ1n) is 11.6. The molecule has 9 nitrogen and oxygen atoms in total. The molecular formula is C27H27BrN4O5S. The van der Waals surface area contributed by atoms with Crippen LogP contribution in [0.1, 0.15) is 11.3 Å². The normalized spacial score (nSPS) is 11.3. The number of rotatable bonds is 8. The second kappa shape index (κ2) is 10.9. The molecule has 3 aromatic carbocycles. The summed E-state index contributed by atoms with van der Waals surface area (Å²) in [4.78, 5) is 26.5. The van der Waals surface area contributed by atoms with Crippen molar-refractivity contribution in [1.29, 1.82) is 0 Å². The summed E-state index contributed by atoms with van der Waals surface area (Å²) in [5.41, 5.74) is 2.06. The molecule has 1 amide bonds. The number of carbonyl (C=O) groups excluding carboxylic acids is 1. The number of benzene rings is 3. The van der Waals surface area contributed by atoms with Gasteiger partial charge in [-0.1, -0.05) is 35.9 Å². The van der Waals surface area contributed by atoms with Crippen LogP contribution in [0.5, 0.6) is 5.75 Å². The van der Waals surface area contributed by atoms with Crippen molar-refractivity contribution in [2.45, 2.75) is 18.7 Å². The number of carbonyl (C=O) groups is 1. The van der Waals surface area contributed by atoms with Crippen LogP contribution in [-0.2, 0) is 21.9 Å². The first-order valence-corrected chi connectivity index (χ1v) is 13.8. The van der Waals surface area contributed by atoms with E-state index in [9.17, 15) is 18.0 Å². The van der Waals surface area contributed by atoms with Crippen LogP contribution >= 0.6 is 15.9 Å². The fourth-order valence-electron chi connectivity index (χ4n) is 3.98. The summed E-state index contributed by atoms with van der Waals surface area (Å²) >= 11 is 3.33. The Morgan fingerprint density at radius 3 is 2.29 bits per heavy atom. The third-order valence-corrected chi connectivity index (χ3v) is 8.53. The van der Waals surface area contributed by atoms with Gasteiger partial charge in [0.1, 0.15) is 18.0 Å². The van der Waals surface area contributed by atoms with Crippen molar-refractivity contribution < 1.29 is 17.9 Å². The maximum absolute atomic E-state index is 13.7. The molecule has 0 saturated heterocycles. The molecule has 11 heteroatoms. The van der Waals surface area contributed by atoms with Gasteiger partial charge in [0.2, 0.25) is 5.91 Å². The number of amides is 1. The molecule has 0 unspecified atom stereocenters. The molecule has 38 heavy (non-hydrogen) atoms. The molecule has 0 radical (unpaired) electrons. The summed E-state index contributed by atoms with van der Waals surface area (Å²) in [5.74, 6) is -0.189. The van der Waals surface area contributed by atoms with Gasteiger partial charge in [0.05, 0.1) is 33.5 Å². The maximum Gasteiger partial charge on any atom is 0.295 e. The average Bonchev–Trinajstić information content (AvgIpc) is 3.11. The Kier molecular flexibility index (Phi) is 7.79. The Balaban J connectivity index is 1.70. The number of sulfonamides is 1. The highest BCUT2D eigenvalue weighted by atomic mass is 79.9. The molecule has 198 valence electrons. The number of ether oxygens (including phenoxy) is 1. The van der Waals surface area contributed by atoms with Gasteiger partial charge in [-0.25, -0.2) is 13.1 Å². The summed E-state index contributed by atoms with van der Waals surface area (Å²) in [7, 11) is -0.977. The zero-order valence-electron chi connectivity index (χ0n) is 21.3. The molecule has 1 heterocycles. The Hall–Kier alpha value is -3.83. The van der Waals surface area contributed by atoms with E-state index in [1.165, 1.54) is 30.0 Å². The number of para-hydroxylation sites is 1. The lowest BCUT2D eigenvalue weighted by molar-refractivity contribution is -0.114. The van der Waals surface area contributed by atoms with E-state index in [0.29, 0.717) is 27.3 Å². The van der Waals surface area contributed by atoms with E-state index in [0.717, 1.165) is 9.87 Å². The molecule has 0 fully saturated rings. The Labute approximate surface area is 229 Å². The monoisotopic (exact) mass is 598 g/mol. The molecule has 4 rings (SSSR count). The van der Waals surface area contributed by atoms with Crippen LogP contribution in [0.25, 0.3) is 5.69 Å². The molecule has 0 aliphatic heterocycles. The van der Waals surface area contributed by atoms with Gasteiger partial charge in [-0.2, -0.15) is 0 Å². The van der Waals surface area contributed by atoms with Gasteiger partial charge in [-0.15, -0.1) is 0 Å². The van der Waals surface area contributed by atoms with Gasteiger partial charge in [0, 0.05) is 7.05 Å². The lowest BCUT2D eigenvalue weighted by Crippen LogP contribution is -2.38. The number of aryl methyl sites for hydroxylation is 1. The highest BCUT2D eigenvalue weighted by molar-refractivity contribution is 9.10. The fourth-order valence-corrected chi connectivity index (χ4v) is 6.12. The second-order valence-corrected chi connectivity index (χ2v) is 11.3. The van der Waals surface area contributed by atoms with E-state index in [1.807, 2.05) is 25.1 Å². The zero-order valence-corrected chi connectivity index (χ0v) is 23.7. The van der Waals surface area contributed by atoms with E-state index < -0.39 is 28.0 Å². The van der Waals surface area contributed by atoms with Gasteiger partial charge < -0.3 is 10.1 Å². The van der Waals surface area contributed by atoms with E-state index in [-0.39, 0.29) is 10.6 Å². The summed E-state index contributed by atoms with van der Waals surface area (Å²) in [6.45, 7) is 3.04. The van der Waals surface area contributed by atoms with Crippen molar-refractivity contribution in [2.75, 3.05) is 23.3 Å². The number of nitrogens with zero attached hydrogens (tertiary/aromatic N) is 3. The van der Waals surface area contributed by atoms with Crippen molar-refractivity contribution in [2.24, 2.45) is 7.05 Å². The quantitative estimate of drug-likeness (QED) is 0.324. The molecule has 4 aromatic rings. The molecule has 0 saturated carbocycles. The first-order chi connectivity index (χ1) is 18.0. The van der Waals surface area contributed by atoms with Gasteiger partial charge in [-0.05, 0) is 72.2 Å². The largest absolute Gasteiger partial charge is 0.496 e. The highest BCUT2D eigenvalue weighted by Gasteiger charge is 2.29. The molecule has 1 N–H and O–H groups in total. The van der Waals surface area contributed by atoms with Crippen molar-refractivity contribution >= 4 is 43.2 Å². The number of hydrogen-bond acceptors (Lipinski definition) is 5. The number of anilines is 2. The smallest absolute Gasteiger partial charge is 0.295 e. The SMILES string of the molecule is COc1ccc(S(=O)(=O)N(CC(=O)Nc2c(C)n(C)n(-c3ccccc3)c2=O)c2ccc(C)cc2)cc1Br. The van der Waals surface area contributed by atoms with Crippen LogP contribution in [0.3, 0.4) is 0 Å². The first kappa shape index (κ1) is 27.2. The van der Waals surface area contributed by atoms with Crippen LogP contribution < -0.4 is 19.9 Å². The number of halogens is 1. The van der Waals surface area contributed by atoms with Crippen LogP contribution in [0.15, 0.2) is 87.0 Å². The van der Waals surface area contributed by atoms with E-state index in [4.69, 9.17) is 4.74 Å². The van der Waals surface area contributed by atoms with Gasteiger partial charge >= 0.3 is 0 Å². The van der Waals surface area contributed by atoms with Crippen molar-refractivity contribution in [3.8, 4) is 11.4 Å². The minimum Gasteiger partial charge on any atom is -0.496 e. The highest BCUT2D eigenvalue weighted by Crippen LogP contribution is 2.31. The van der Waals surface area contributed by atoms with E-state index in [1.54, 1.807) is 55.1 Å². The third-order valence-electron chi connectivity index (χ3n) is 6.14. The number of hydrogen-bond donors (Lipinski definition) is 1.